The fourth-order valence-electron chi connectivity index (χ4n) is 1.84. The summed E-state index contributed by atoms with van der Waals surface area (Å²) in [5.74, 6) is 1.52. The van der Waals surface area contributed by atoms with Gasteiger partial charge in [0.1, 0.15) is 16.8 Å². The quantitative estimate of drug-likeness (QED) is 0.874. The molecule has 0 aliphatic heterocycles. The van der Waals surface area contributed by atoms with Crippen LogP contribution in [0.3, 0.4) is 0 Å². The highest BCUT2D eigenvalue weighted by Gasteiger charge is 2.11. The molecule has 0 saturated heterocycles. The van der Waals surface area contributed by atoms with Crippen molar-refractivity contribution >= 4 is 23.1 Å². The molecule has 0 spiro atoms. The molecule has 0 atom stereocenters. The van der Waals surface area contributed by atoms with Gasteiger partial charge in [-0.3, -0.25) is 4.68 Å². The van der Waals surface area contributed by atoms with E-state index in [4.69, 9.17) is 11.6 Å². The van der Waals surface area contributed by atoms with Crippen molar-refractivity contribution in [3.8, 4) is 0 Å². The van der Waals surface area contributed by atoms with Crippen LogP contribution in [0.25, 0.3) is 0 Å². The molecule has 2 aromatic rings. The minimum absolute atomic E-state index is 0.502. The van der Waals surface area contributed by atoms with Crippen molar-refractivity contribution < 1.29 is 0 Å². The van der Waals surface area contributed by atoms with Crippen molar-refractivity contribution in [2.24, 2.45) is 7.05 Å². The summed E-state index contributed by atoms with van der Waals surface area (Å²) < 4.78 is 1.77. The molecule has 0 saturated carbocycles. The van der Waals surface area contributed by atoms with Gasteiger partial charge in [0.25, 0.3) is 0 Å². The van der Waals surface area contributed by atoms with E-state index in [1.165, 1.54) is 0 Å². The first-order valence-corrected chi connectivity index (χ1v) is 6.69. The van der Waals surface area contributed by atoms with Gasteiger partial charge >= 0.3 is 0 Å². The summed E-state index contributed by atoms with van der Waals surface area (Å²) >= 11 is 6.15. The monoisotopic (exact) mass is 279 g/mol. The maximum Gasteiger partial charge on any atom is 0.138 e. The molecule has 19 heavy (non-hydrogen) atoms. The van der Waals surface area contributed by atoms with Crippen molar-refractivity contribution in [3.05, 3.63) is 28.4 Å². The van der Waals surface area contributed by atoms with Gasteiger partial charge in [-0.15, -0.1) is 0 Å². The number of aryl methyl sites for hydroxylation is 3. The number of halogens is 1. The Hall–Kier alpha value is -1.62. The van der Waals surface area contributed by atoms with Gasteiger partial charge in [0.15, 0.2) is 0 Å². The van der Waals surface area contributed by atoms with E-state index >= 15 is 0 Å². The number of aromatic nitrogens is 4. The van der Waals surface area contributed by atoms with Crippen LogP contribution in [0.15, 0.2) is 6.20 Å². The van der Waals surface area contributed by atoms with Gasteiger partial charge in [0.05, 0.1) is 11.4 Å². The summed E-state index contributed by atoms with van der Waals surface area (Å²) in [7, 11) is 1.89. The molecule has 0 aliphatic carbocycles. The highest BCUT2D eigenvalue weighted by molar-refractivity contribution is 6.30. The maximum absolute atomic E-state index is 6.15. The predicted octanol–water partition coefficient (Wildman–Crippen LogP) is 3.18. The Morgan fingerprint density at radius 1 is 1.32 bits per heavy atom. The van der Waals surface area contributed by atoms with Gasteiger partial charge < -0.3 is 5.32 Å². The van der Waals surface area contributed by atoms with Crippen LogP contribution in [0.5, 0.6) is 0 Å². The summed E-state index contributed by atoms with van der Waals surface area (Å²) in [5, 5.41) is 8.08. The summed E-state index contributed by atoms with van der Waals surface area (Å²) in [6.07, 6.45) is 3.73. The summed E-state index contributed by atoms with van der Waals surface area (Å²) in [4.78, 5) is 8.81. The first kappa shape index (κ1) is 13.8. The molecular formula is C13H18ClN5. The Morgan fingerprint density at radius 3 is 2.63 bits per heavy atom. The topological polar surface area (TPSA) is 55.6 Å². The van der Waals surface area contributed by atoms with E-state index < -0.39 is 0 Å². The third kappa shape index (κ3) is 3.04. The first-order valence-electron chi connectivity index (χ1n) is 6.31. The van der Waals surface area contributed by atoms with Gasteiger partial charge in [0, 0.05) is 25.2 Å². The van der Waals surface area contributed by atoms with Crippen LogP contribution < -0.4 is 5.32 Å². The second-order valence-electron chi connectivity index (χ2n) is 4.58. The van der Waals surface area contributed by atoms with Crippen molar-refractivity contribution in [1.82, 2.24) is 19.7 Å². The van der Waals surface area contributed by atoms with E-state index in [1.807, 2.05) is 27.1 Å². The SMILES string of the molecule is CCCc1nc(Cl)c(C)c(Nc2cn(C)nc2C)n1. The molecule has 1 N–H and O–H groups in total. The molecular weight excluding hydrogens is 262 g/mol. The second-order valence-corrected chi connectivity index (χ2v) is 4.94. The van der Waals surface area contributed by atoms with E-state index in [2.05, 4.69) is 27.3 Å². The Bertz CT molecular complexity index is 591. The Balaban J connectivity index is 2.36. The number of anilines is 2. The van der Waals surface area contributed by atoms with E-state index in [9.17, 15) is 0 Å². The molecule has 102 valence electrons. The van der Waals surface area contributed by atoms with E-state index in [1.54, 1.807) is 4.68 Å². The van der Waals surface area contributed by atoms with Crippen LogP contribution >= 0.6 is 11.6 Å². The average Bonchev–Trinajstić information content (AvgIpc) is 2.64. The average molecular weight is 280 g/mol. The molecule has 0 aliphatic rings. The zero-order valence-electron chi connectivity index (χ0n) is 11.7. The fourth-order valence-corrected chi connectivity index (χ4v) is 2.03. The standard InChI is InChI=1S/C13H18ClN5/c1-5-6-11-16-12(14)8(2)13(17-11)15-10-7-19(4)18-9(10)3/h7H,5-6H2,1-4H3,(H,15,16,17). The van der Waals surface area contributed by atoms with Crippen LogP contribution in [-0.2, 0) is 13.5 Å². The van der Waals surface area contributed by atoms with Crippen molar-refractivity contribution in [3.63, 3.8) is 0 Å². The molecule has 0 aromatic carbocycles. The molecule has 0 fully saturated rings. The molecule has 2 aromatic heterocycles. The fraction of sp³-hybridized carbons (Fsp3) is 0.462. The Labute approximate surface area is 118 Å². The minimum atomic E-state index is 0.502. The molecule has 0 unspecified atom stereocenters. The highest BCUT2D eigenvalue weighted by atomic mass is 35.5. The molecule has 2 rings (SSSR count). The maximum atomic E-state index is 6.15. The van der Waals surface area contributed by atoms with Crippen molar-refractivity contribution in [1.29, 1.82) is 0 Å². The molecule has 0 amide bonds. The van der Waals surface area contributed by atoms with Gasteiger partial charge in [-0.1, -0.05) is 18.5 Å². The normalized spacial score (nSPS) is 10.8. The van der Waals surface area contributed by atoms with E-state index in [0.29, 0.717) is 5.15 Å². The van der Waals surface area contributed by atoms with Gasteiger partial charge in [-0.25, -0.2) is 9.97 Å². The number of hydrogen-bond acceptors (Lipinski definition) is 4. The third-order valence-corrected chi connectivity index (χ3v) is 3.24. The largest absolute Gasteiger partial charge is 0.337 e. The predicted molar refractivity (Wildman–Crippen MR) is 77.0 cm³/mol. The van der Waals surface area contributed by atoms with Crippen LogP contribution in [-0.4, -0.2) is 19.7 Å². The summed E-state index contributed by atoms with van der Waals surface area (Å²) in [6, 6.07) is 0. The van der Waals surface area contributed by atoms with Crippen LogP contribution in [0.1, 0.15) is 30.4 Å². The van der Waals surface area contributed by atoms with E-state index in [0.717, 1.165) is 41.4 Å². The molecule has 6 heteroatoms. The number of nitrogens with one attached hydrogen (secondary N) is 1. The minimum Gasteiger partial charge on any atom is -0.337 e. The van der Waals surface area contributed by atoms with Gasteiger partial charge in [-0.05, 0) is 20.3 Å². The third-order valence-electron chi connectivity index (χ3n) is 2.87. The summed E-state index contributed by atoms with van der Waals surface area (Å²) in [6.45, 7) is 5.95. The molecule has 0 bridgehead atoms. The number of rotatable bonds is 4. The van der Waals surface area contributed by atoms with Crippen LogP contribution in [0, 0.1) is 13.8 Å². The first-order chi connectivity index (χ1) is 9.01. The Morgan fingerprint density at radius 2 is 2.05 bits per heavy atom. The number of hydrogen-bond donors (Lipinski definition) is 1. The van der Waals surface area contributed by atoms with Crippen molar-refractivity contribution in [2.45, 2.75) is 33.6 Å². The molecule has 0 radical (unpaired) electrons. The lowest BCUT2D eigenvalue weighted by Gasteiger charge is -2.10. The summed E-state index contributed by atoms with van der Waals surface area (Å²) in [5.41, 5.74) is 2.71. The van der Waals surface area contributed by atoms with Crippen LogP contribution in [0.2, 0.25) is 5.15 Å². The van der Waals surface area contributed by atoms with Crippen molar-refractivity contribution in [2.75, 3.05) is 5.32 Å². The lowest BCUT2D eigenvalue weighted by atomic mass is 10.3. The number of nitrogens with zero attached hydrogens (tertiary/aromatic N) is 4. The van der Waals surface area contributed by atoms with Gasteiger partial charge in [0.2, 0.25) is 0 Å². The zero-order chi connectivity index (χ0) is 14.0. The Kier molecular flexibility index (Phi) is 4.04. The lowest BCUT2D eigenvalue weighted by molar-refractivity contribution is 0.756. The lowest BCUT2D eigenvalue weighted by Crippen LogP contribution is -2.04. The molecule has 5 nitrogen and oxygen atoms in total. The van der Waals surface area contributed by atoms with Crippen LogP contribution in [0.4, 0.5) is 11.5 Å². The zero-order valence-corrected chi connectivity index (χ0v) is 12.4. The smallest absolute Gasteiger partial charge is 0.138 e. The van der Waals surface area contributed by atoms with E-state index in [-0.39, 0.29) is 0 Å². The second kappa shape index (κ2) is 5.57. The molecule has 2 heterocycles. The van der Waals surface area contributed by atoms with Gasteiger partial charge in [-0.2, -0.15) is 5.10 Å². The highest BCUT2D eigenvalue weighted by Crippen LogP contribution is 2.25.